The summed E-state index contributed by atoms with van der Waals surface area (Å²) in [6.07, 6.45) is 7.24. The smallest absolute Gasteiger partial charge is 0.305 e. The van der Waals surface area contributed by atoms with Crippen molar-refractivity contribution in [3.63, 3.8) is 0 Å². The van der Waals surface area contributed by atoms with Crippen molar-refractivity contribution < 1.29 is 13.4 Å². The fourth-order valence-electron chi connectivity index (χ4n) is 4.40. The third kappa shape index (κ3) is 4.10. The van der Waals surface area contributed by atoms with Crippen LogP contribution >= 0.6 is 0 Å². The zero-order chi connectivity index (χ0) is 21.5. The number of benzene rings is 1. The first-order valence-electron chi connectivity index (χ1n) is 10.1. The Morgan fingerprint density at radius 3 is 2.40 bits per heavy atom. The van der Waals surface area contributed by atoms with Gasteiger partial charge in [0, 0.05) is 18.4 Å². The number of nitrogens with one attached hydrogen (secondary N) is 1. The number of aryl methyl sites for hydroxylation is 2. The van der Waals surface area contributed by atoms with E-state index in [1.165, 1.54) is 23.4 Å². The topological polar surface area (TPSA) is 101 Å². The third-order valence-corrected chi connectivity index (χ3v) is 6.85. The fraction of sp³-hybridized carbons (Fsp3) is 0.429. The number of pyridine rings is 1. The van der Waals surface area contributed by atoms with Gasteiger partial charge in [-0.2, -0.15) is 0 Å². The predicted molar refractivity (Wildman–Crippen MR) is 114 cm³/mol. The molecule has 0 unspecified atom stereocenters. The van der Waals surface area contributed by atoms with Gasteiger partial charge in [-0.1, -0.05) is 6.07 Å². The minimum absolute atomic E-state index is 0.470. The van der Waals surface area contributed by atoms with Gasteiger partial charge in [0.05, 0.1) is 0 Å². The quantitative estimate of drug-likeness (QED) is 0.776. The van der Waals surface area contributed by atoms with E-state index < -0.39 is 26.8 Å². The van der Waals surface area contributed by atoms with Gasteiger partial charge in [-0.3, -0.25) is 0 Å². The molecule has 0 bridgehead atoms. The lowest BCUT2D eigenvalue weighted by Gasteiger charge is -2.15. The largest absolute Gasteiger partial charge is 0.354 e. The van der Waals surface area contributed by atoms with Gasteiger partial charge in [0.2, 0.25) is 0 Å². The molecule has 1 aromatic carbocycles. The molecule has 2 aromatic rings. The first kappa shape index (κ1) is 20.9. The fourth-order valence-corrected chi connectivity index (χ4v) is 5.32. The number of rotatable bonds is 4. The van der Waals surface area contributed by atoms with Gasteiger partial charge in [-0.15, -0.1) is 4.36 Å². The predicted octanol–water partition coefficient (Wildman–Crippen LogP) is 3.19. The Kier molecular flexibility index (Phi) is 5.61. The number of hydrogen-bond donors (Lipinski definition) is 2. The number of nitrogens with two attached hydrogens (primary N) is 1. The Hall–Kier alpha value is -2.36. The highest BCUT2D eigenvalue weighted by Crippen LogP contribution is 2.38. The first-order chi connectivity index (χ1) is 14.2. The maximum atomic E-state index is 14.5. The molecule has 1 atom stereocenters. The Morgan fingerprint density at radius 1 is 1.20 bits per heavy atom. The van der Waals surface area contributed by atoms with E-state index in [4.69, 9.17) is 5.14 Å². The zero-order valence-corrected chi connectivity index (χ0v) is 18.0. The molecule has 7 nitrogen and oxygen atoms in total. The van der Waals surface area contributed by atoms with E-state index in [-0.39, 0.29) is 0 Å². The molecule has 0 saturated heterocycles. The number of urea groups is 1. The average molecular weight is 432 g/mol. The summed E-state index contributed by atoms with van der Waals surface area (Å²) in [6, 6.07) is 2.63. The Bertz CT molecular complexity index is 1110. The van der Waals surface area contributed by atoms with E-state index in [1.807, 2.05) is 19.0 Å². The Morgan fingerprint density at radius 2 is 1.83 bits per heavy atom. The number of carbonyl (C=O) groups is 1. The number of halogens is 1. The van der Waals surface area contributed by atoms with Gasteiger partial charge in [0.25, 0.3) is 0 Å². The minimum Gasteiger partial charge on any atom is -0.305 e. The molecule has 0 saturated carbocycles. The maximum absolute atomic E-state index is 14.5. The molecule has 1 heterocycles. The van der Waals surface area contributed by atoms with Crippen LogP contribution in [0, 0.1) is 5.82 Å². The van der Waals surface area contributed by atoms with Crippen molar-refractivity contribution in [3.05, 3.63) is 52.0 Å². The molecule has 0 radical (unpaired) electrons. The van der Waals surface area contributed by atoms with E-state index >= 15 is 0 Å². The summed E-state index contributed by atoms with van der Waals surface area (Å²) in [5.41, 5.74) is 6.14. The number of nitrogens with zero attached hydrogens (tertiary/aromatic N) is 3. The number of fused-ring (bicyclic) bond motifs is 2. The molecule has 9 heteroatoms. The van der Waals surface area contributed by atoms with Crippen molar-refractivity contribution in [1.29, 1.82) is 0 Å². The van der Waals surface area contributed by atoms with Crippen LogP contribution in [0.4, 0.5) is 14.9 Å². The zero-order valence-electron chi connectivity index (χ0n) is 17.2. The SMILES string of the molecule is CN(C)Cc1cnc([S@@](N)(=O)=NC(=O)Nc2c3c(cc4c2CCC4)CCC3)c(F)c1. The standard InChI is InChI=1S/C21H26FN5O2S/c1-27(2)12-13-9-18(22)20(24-11-13)30(23,29)26-21(28)25-19-16-7-3-5-14(16)10-15-6-4-8-17(15)19/h9-11H,3-8,12H2,1-2H3,(H3,23,25,26,28,29)/t30-/m0/s1. The Balaban J connectivity index is 1.63. The normalized spacial score (nSPS) is 16.8. The number of aromatic nitrogens is 1. The summed E-state index contributed by atoms with van der Waals surface area (Å²) in [7, 11) is -0.137. The maximum Gasteiger partial charge on any atom is 0.354 e. The Labute approximate surface area is 176 Å². The van der Waals surface area contributed by atoms with Crippen LogP contribution in [0.5, 0.6) is 0 Å². The van der Waals surface area contributed by atoms with Crippen LogP contribution in [0.15, 0.2) is 27.7 Å². The molecule has 2 aliphatic rings. The van der Waals surface area contributed by atoms with E-state index in [0.717, 1.165) is 55.3 Å². The molecular weight excluding hydrogens is 405 g/mol. The summed E-state index contributed by atoms with van der Waals surface area (Å²) in [5, 5.41) is 8.05. The number of amides is 2. The van der Waals surface area contributed by atoms with Crippen molar-refractivity contribution in [2.45, 2.75) is 50.1 Å². The molecule has 160 valence electrons. The highest BCUT2D eigenvalue weighted by molar-refractivity contribution is 7.91. The van der Waals surface area contributed by atoms with Gasteiger partial charge >= 0.3 is 6.03 Å². The van der Waals surface area contributed by atoms with E-state index in [9.17, 15) is 13.4 Å². The number of anilines is 1. The second kappa shape index (κ2) is 8.05. The molecule has 2 aliphatic carbocycles. The summed E-state index contributed by atoms with van der Waals surface area (Å²) in [6.45, 7) is 0.470. The highest BCUT2D eigenvalue weighted by atomic mass is 32.2. The van der Waals surface area contributed by atoms with Crippen LogP contribution < -0.4 is 10.5 Å². The summed E-state index contributed by atoms with van der Waals surface area (Å²) < 4.78 is 31.0. The monoisotopic (exact) mass is 431 g/mol. The van der Waals surface area contributed by atoms with Gasteiger partial charge < -0.3 is 10.2 Å². The van der Waals surface area contributed by atoms with Gasteiger partial charge in [-0.05, 0) is 86.5 Å². The summed E-state index contributed by atoms with van der Waals surface area (Å²) >= 11 is 0. The number of carbonyl (C=O) groups excluding carboxylic acids is 1. The van der Waals surface area contributed by atoms with Crippen molar-refractivity contribution >= 4 is 21.6 Å². The van der Waals surface area contributed by atoms with Gasteiger partial charge in [-0.25, -0.2) is 23.5 Å². The van der Waals surface area contributed by atoms with Crippen LogP contribution in [0.3, 0.4) is 0 Å². The molecule has 1 aromatic heterocycles. The lowest BCUT2D eigenvalue weighted by Crippen LogP contribution is -2.21. The lowest BCUT2D eigenvalue weighted by molar-refractivity contribution is 0.260. The van der Waals surface area contributed by atoms with E-state index in [0.29, 0.717) is 12.1 Å². The average Bonchev–Trinajstić information content (AvgIpc) is 3.29. The highest BCUT2D eigenvalue weighted by Gasteiger charge is 2.25. The molecule has 0 spiro atoms. The van der Waals surface area contributed by atoms with E-state index in [2.05, 4.69) is 20.7 Å². The van der Waals surface area contributed by atoms with Crippen LogP contribution in [-0.4, -0.2) is 34.2 Å². The van der Waals surface area contributed by atoms with Crippen LogP contribution in [-0.2, 0) is 42.1 Å². The van der Waals surface area contributed by atoms with Crippen molar-refractivity contribution in [1.82, 2.24) is 9.88 Å². The van der Waals surface area contributed by atoms with E-state index in [1.54, 1.807) is 0 Å². The lowest BCUT2D eigenvalue weighted by atomic mass is 9.99. The first-order valence-corrected chi connectivity index (χ1v) is 11.6. The third-order valence-electron chi connectivity index (χ3n) is 5.56. The molecule has 0 aliphatic heterocycles. The van der Waals surface area contributed by atoms with Crippen LogP contribution in [0.2, 0.25) is 0 Å². The second-order valence-electron chi connectivity index (χ2n) is 8.19. The van der Waals surface area contributed by atoms with Crippen LogP contribution in [0.1, 0.15) is 40.7 Å². The molecule has 30 heavy (non-hydrogen) atoms. The van der Waals surface area contributed by atoms with Crippen LogP contribution in [0.25, 0.3) is 0 Å². The summed E-state index contributed by atoms with van der Waals surface area (Å²) in [5.74, 6) is -0.833. The van der Waals surface area contributed by atoms with Gasteiger partial charge in [0.15, 0.2) is 20.8 Å². The number of hydrogen-bond acceptors (Lipinski definition) is 4. The molecule has 3 N–H and O–H groups in total. The second-order valence-corrected chi connectivity index (χ2v) is 9.90. The molecule has 0 fully saturated rings. The van der Waals surface area contributed by atoms with Gasteiger partial charge in [0.1, 0.15) is 0 Å². The molecular formula is C21H26FN5O2S. The van der Waals surface area contributed by atoms with Crippen molar-refractivity contribution in [3.8, 4) is 0 Å². The molecule has 2 amide bonds. The minimum atomic E-state index is -3.82. The molecule has 4 rings (SSSR count). The van der Waals surface area contributed by atoms with Crippen molar-refractivity contribution in [2.24, 2.45) is 9.50 Å². The van der Waals surface area contributed by atoms with Crippen molar-refractivity contribution in [2.75, 3.05) is 19.4 Å². The summed E-state index contributed by atoms with van der Waals surface area (Å²) in [4.78, 5) is 18.4.